The highest BCUT2D eigenvalue weighted by molar-refractivity contribution is 5.84. The summed E-state index contributed by atoms with van der Waals surface area (Å²) in [4.78, 5) is 15.0. The summed E-state index contributed by atoms with van der Waals surface area (Å²) in [6.45, 7) is 12.0. The standard InChI is InChI=1S/C20H30N2O/c1-19(2)17(20(19,3)4)18(23)21-16-10-12-22(13-11-16)14-15-8-6-5-7-9-15/h5-9,16-17H,10-14H2,1-4H3,(H,21,23). The Morgan fingerprint density at radius 3 is 2.17 bits per heavy atom. The van der Waals surface area contributed by atoms with Crippen molar-refractivity contribution in [2.24, 2.45) is 16.7 Å². The number of carbonyl (C=O) groups excluding carboxylic acids is 1. The van der Waals surface area contributed by atoms with Crippen molar-refractivity contribution < 1.29 is 4.79 Å². The van der Waals surface area contributed by atoms with Crippen LogP contribution in [0.5, 0.6) is 0 Å². The lowest BCUT2D eigenvalue weighted by atomic mass is 10.0. The Hall–Kier alpha value is -1.35. The van der Waals surface area contributed by atoms with Crippen LogP contribution < -0.4 is 5.32 Å². The highest BCUT2D eigenvalue weighted by Gasteiger charge is 2.68. The fourth-order valence-corrected chi connectivity index (χ4v) is 4.21. The van der Waals surface area contributed by atoms with Gasteiger partial charge in [0.2, 0.25) is 5.91 Å². The molecule has 3 heteroatoms. The van der Waals surface area contributed by atoms with Gasteiger partial charge in [-0.2, -0.15) is 0 Å². The van der Waals surface area contributed by atoms with Crippen LogP contribution in [0.15, 0.2) is 30.3 Å². The molecule has 1 heterocycles. The number of likely N-dealkylation sites (tertiary alicyclic amines) is 1. The van der Waals surface area contributed by atoms with Gasteiger partial charge in [0.25, 0.3) is 0 Å². The number of carbonyl (C=O) groups is 1. The van der Waals surface area contributed by atoms with Gasteiger partial charge in [-0.15, -0.1) is 0 Å². The summed E-state index contributed by atoms with van der Waals surface area (Å²) in [5, 5.41) is 3.31. The molecular weight excluding hydrogens is 284 g/mol. The summed E-state index contributed by atoms with van der Waals surface area (Å²) in [6.07, 6.45) is 2.12. The molecule has 1 aliphatic heterocycles. The van der Waals surface area contributed by atoms with E-state index in [1.54, 1.807) is 0 Å². The number of nitrogens with zero attached hydrogens (tertiary/aromatic N) is 1. The van der Waals surface area contributed by atoms with E-state index >= 15 is 0 Å². The summed E-state index contributed by atoms with van der Waals surface area (Å²) < 4.78 is 0. The molecule has 1 N–H and O–H groups in total. The zero-order chi connectivity index (χ0) is 16.7. The van der Waals surface area contributed by atoms with Gasteiger partial charge >= 0.3 is 0 Å². The van der Waals surface area contributed by atoms with Crippen molar-refractivity contribution in [3.63, 3.8) is 0 Å². The van der Waals surface area contributed by atoms with E-state index in [2.05, 4.69) is 68.2 Å². The van der Waals surface area contributed by atoms with Gasteiger partial charge in [-0.05, 0) is 29.2 Å². The predicted octanol–water partition coefficient (Wildman–Crippen LogP) is 3.45. The fraction of sp³-hybridized carbons (Fsp3) is 0.650. The smallest absolute Gasteiger partial charge is 0.224 e. The second-order valence-electron chi connectivity index (χ2n) is 8.42. The van der Waals surface area contributed by atoms with Gasteiger partial charge in [0, 0.05) is 31.6 Å². The number of nitrogens with one attached hydrogen (secondary N) is 1. The summed E-state index contributed by atoms with van der Waals surface area (Å²) in [6, 6.07) is 11.0. The van der Waals surface area contributed by atoms with E-state index in [4.69, 9.17) is 0 Å². The van der Waals surface area contributed by atoms with Crippen molar-refractivity contribution in [2.45, 2.75) is 53.1 Å². The Balaban J connectivity index is 1.46. The summed E-state index contributed by atoms with van der Waals surface area (Å²) in [7, 11) is 0. The quantitative estimate of drug-likeness (QED) is 0.923. The molecule has 126 valence electrons. The SMILES string of the molecule is CC1(C)C(C(=O)NC2CCN(Cc3ccccc3)CC2)C1(C)C. The Morgan fingerprint density at radius 1 is 1.09 bits per heavy atom. The fourth-order valence-electron chi connectivity index (χ4n) is 4.21. The number of hydrogen-bond acceptors (Lipinski definition) is 2. The van der Waals surface area contributed by atoms with E-state index in [1.165, 1.54) is 5.56 Å². The molecule has 0 atom stereocenters. The number of amides is 1. The van der Waals surface area contributed by atoms with Crippen LogP contribution in [0.4, 0.5) is 0 Å². The molecule has 0 aromatic heterocycles. The summed E-state index contributed by atoms with van der Waals surface area (Å²) in [5.74, 6) is 0.429. The maximum Gasteiger partial charge on any atom is 0.224 e. The highest BCUT2D eigenvalue weighted by Crippen LogP contribution is 2.68. The third kappa shape index (κ3) is 3.16. The van der Waals surface area contributed by atoms with Crippen LogP contribution in [-0.2, 0) is 11.3 Å². The van der Waals surface area contributed by atoms with Crippen molar-refractivity contribution in [1.29, 1.82) is 0 Å². The highest BCUT2D eigenvalue weighted by atomic mass is 16.2. The minimum atomic E-state index is 0.130. The lowest BCUT2D eigenvalue weighted by molar-refractivity contribution is -0.124. The average molecular weight is 314 g/mol. The number of piperidine rings is 1. The van der Waals surface area contributed by atoms with Crippen molar-refractivity contribution >= 4 is 5.91 Å². The number of benzene rings is 1. The molecule has 0 unspecified atom stereocenters. The van der Waals surface area contributed by atoms with Crippen molar-refractivity contribution in [3.8, 4) is 0 Å². The zero-order valence-electron chi connectivity index (χ0n) is 14.9. The average Bonchev–Trinajstić information content (AvgIpc) is 2.92. The van der Waals surface area contributed by atoms with Crippen LogP contribution in [0.1, 0.15) is 46.1 Å². The van der Waals surface area contributed by atoms with E-state index in [1.807, 2.05) is 0 Å². The van der Waals surface area contributed by atoms with Gasteiger partial charge in [-0.3, -0.25) is 9.69 Å². The van der Waals surface area contributed by atoms with Gasteiger partial charge in [0.1, 0.15) is 0 Å². The Morgan fingerprint density at radius 2 is 1.65 bits per heavy atom. The molecule has 1 saturated carbocycles. The number of rotatable bonds is 4. The minimum absolute atomic E-state index is 0.130. The van der Waals surface area contributed by atoms with E-state index in [0.29, 0.717) is 6.04 Å². The largest absolute Gasteiger partial charge is 0.353 e. The first-order valence-electron chi connectivity index (χ1n) is 8.89. The second-order valence-corrected chi connectivity index (χ2v) is 8.42. The van der Waals surface area contributed by atoms with Gasteiger partial charge in [0.15, 0.2) is 0 Å². The van der Waals surface area contributed by atoms with Crippen molar-refractivity contribution in [1.82, 2.24) is 10.2 Å². The lowest BCUT2D eigenvalue weighted by Gasteiger charge is -2.32. The lowest BCUT2D eigenvalue weighted by Crippen LogP contribution is -2.45. The van der Waals surface area contributed by atoms with Gasteiger partial charge in [-0.25, -0.2) is 0 Å². The van der Waals surface area contributed by atoms with Gasteiger partial charge < -0.3 is 5.32 Å². The van der Waals surface area contributed by atoms with E-state index in [0.717, 1.165) is 32.5 Å². The molecule has 0 bridgehead atoms. The molecule has 1 saturated heterocycles. The van der Waals surface area contributed by atoms with Crippen LogP contribution in [0.2, 0.25) is 0 Å². The maximum absolute atomic E-state index is 12.6. The molecule has 3 nitrogen and oxygen atoms in total. The minimum Gasteiger partial charge on any atom is -0.353 e. The first-order chi connectivity index (χ1) is 10.8. The van der Waals surface area contributed by atoms with Crippen molar-refractivity contribution in [3.05, 3.63) is 35.9 Å². The van der Waals surface area contributed by atoms with E-state index < -0.39 is 0 Å². The molecule has 1 amide bonds. The van der Waals surface area contributed by atoms with Crippen LogP contribution in [0.3, 0.4) is 0 Å². The van der Waals surface area contributed by atoms with Crippen LogP contribution in [0.25, 0.3) is 0 Å². The van der Waals surface area contributed by atoms with Gasteiger partial charge in [-0.1, -0.05) is 58.0 Å². The Kier molecular flexibility index (Phi) is 4.26. The predicted molar refractivity (Wildman–Crippen MR) is 93.9 cm³/mol. The van der Waals surface area contributed by atoms with Gasteiger partial charge in [0.05, 0.1) is 0 Å². The molecule has 3 rings (SSSR count). The van der Waals surface area contributed by atoms with Crippen molar-refractivity contribution in [2.75, 3.05) is 13.1 Å². The first kappa shape index (κ1) is 16.5. The van der Waals surface area contributed by atoms with E-state index in [9.17, 15) is 4.79 Å². The normalized spacial score (nSPS) is 24.3. The molecule has 2 fully saturated rings. The molecular formula is C20H30N2O. The Bertz CT molecular complexity index is 542. The maximum atomic E-state index is 12.6. The third-order valence-electron chi connectivity index (χ3n) is 6.47. The monoisotopic (exact) mass is 314 g/mol. The van der Waals surface area contributed by atoms with E-state index in [-0.39, 0.29) is 22.7 Å². The summed E-state index contributed by atoms with van der Waals surface area (Å²) in [5.41, 5.74) is 1.63. The second kappa shape index (κ2) is 5.94. The van der Waals surface area contributed by atoms with Crippen LogP contribution in [0, 0.1) is 16.7 Å². The molecule has 1 aliphatic carbocycles. The van der Waals surface area contributed by atoms with Crippen LogP contribution in [-0.4, -0.2) is 29.9 Å². The molecule has 1 aromatic rings. The molecule has 23 heavy (non-hydrogen) atoms. The summed E-state index contributed by atoms with van der Waals surface area (Å²) >= 11 is 0. The van der Waals surface area contributed by atoms with Crippen LogP contribution >= 0.6 is 0 Å². The topological polar surface area (TPSA) is 32.3 Å². The molecule has 0 radical (unpaired) electrons. The molecule has 0 spiro atoms. The molecule has 1 aromatic carbocycles. The third-order valence-corrected chi connectivity index (χ3v) is 6.47. The number of hydrogen-bond donors (Lipinski definition) is 1. The zero-order valence-corrected chi connectivity index (χ0v) is 14.9. The first-order valence-corrected chi connectivity index (χ1v) is 8.89. The Labute approximate surface area is 140 Å². The molecule has 2 aliphatic rings.